The summed E-state index contributed by atoms with van der Waals surface area (Å²) in [4.78, 5) is 0. The summed E-state index contributed by atoms with van der Waals surface area (Å²) in [5.41, 5.74) is 0. The molecule has 0 rings (SSSR count). The van der Waals surface area contributed by atoms with Crippen LogP contribution in [0.15, 0.2) is 0 Å². The minimum absolute atomic E-state index is 1.19. The van der Waals surface area contributed by atoms with Crippen LogP contribution in [-0.4, -0.2) is 0 Å². The third kappa shape index (κ3) is 16.7. The van der Waals surface area contributed by atoms with E-state index in [1.54, 1.807) is 0 Å². The summed E-state index contributed by atoms with van der Waals surface area (Å²) in [5.74, 6) is 0. The molecule has 0 aromatic heterocycles. The molecule has 2 heteroatoms. The fraction of sp³-hybridized carbons (Fsp3) is 0. The van der Waals surface area contributed by atoms with E-state index < -0.39 is 0 Å². The first-order chi connectivity index (χ1) is 2.00. The van der Waals surface area contributed by atoms with E-state index in [9.17, 15) is 0 Å². The van der Waals surface area contributed by atoms with Crippen LogP contribution in [0.5, 0.6) is 0 Å². The van der Waals surface area contributed by atoms with Crippen molar-refractivity contribution in [3.05, 3.63) is 6.42 Å². The van der Waals surface area contributed by atoms with E-state index >= 15 is 0 Å². The van der Waals surface area contributed by atoms with Crippen molar-refractivity contribution in [2.45, 2.75) is 0 Å². The van der Waals surface area contributed by atoms with Crippen molar-refractivity contribution >= 4 is 13.6 Å². The summed E-state index contributed by atoms with van der Waals surface area (Å²) in [6, 6.07) is 0. The molecule has 0 N–H and O–H groups in total. The molecular weight excluding hydrogens is 169 g/mol. The molecule has 0 fully saturated rings. The Balaban J connectivity index is 0. The van der Waals surface area contributed by atoms with Gasteiger partial charge >= 0.3 is 30.0 Å². The topological polar surface area (TPSA) is 0 Å². The number of hydrogen-bond donors (Lipinski definition) is 0. The summed E-state index contributed by atoms with van der Waals surface area (Å²) < 4.78 is 0. The van der Waals surface area contributed by atoms with Gasteiger partial charge in [-0.25, -0.2) is 0 Å². The molecule has 0 unspecified atom stereocenters. The molecule has 0 nitrogen and oxygen atoms in total. The van der Waals surface area contributed by atoms with Gasteiger partial charge in [-0.1, -0.05) is 0 Å². The predicted molar refractivity (Wildman–Crippen MR) is 17.1 cm³/mol. The van der Waals surface area contributed by atoms with E-state index in [0.717, 1.165) is 0 Å². The van der Waals surface area contributed by atoms with E-state index in [4.69, 9.17) is 6.42 Å². The van der Waals surface area contributed by atoms with Crippen molar-refractivity contribution in [2.75, 3.05) is 0 Å². The van der Waals surface area contributed by atoms with Crippen LogP contribution in [0.2, 0.25) is 0 Å². The van der Waals surface area contributed by atoms with E-state index in [1.165, 1.54) is 16.3 Å². The molecule has 0 aromatic rings. The third-order valence-corrected chi connectivity index (χ3v) is 0. The van der Waals surface area contributed by atoms with Crippen molar-refractivity contribution < 1.29 is 16.3 Å². The second-order valence-corrected chi connectivity index (χ2v) is 0. The second-order valence-electron chi connectivity index (χ2n) is 0. The summed E-state index contributed by atoms with van der Waals surface area (Å²) in [6.45, 7) is 0. The molecule has 0 atom stereocenters. The molecular formula is C2HBrZn. The quantitative estimate of drug-likeness (QED) is 0.290. The fourth-order valence-electron chi connectivity index (χ4n) is 0. The zero-order valence-corrected chi connectivity index (χ0v) is 6.72. The maximum atomic E-state index is 5.25. The maximum absolute atomic E-state index is 5.25. The zero-order valence-electron chi connectivity index (χ0n) is 2.16. The number of terminal acetylenes is 1. The van der Waals surface area contributed by atoms with Crippen LogP contribution >= 0.6 is 13.6 Å². The first-order valence-corrected chi connectivity index (χ1v) is 7.50. The van der Waals surface area contributed by atoms with Gasteiger partial charge in [0.1, 0.15) is 0 Å². The Kier molecular flexibility index (Phi) is 130. The molecule has 0 aliphatic carbocycles. The summed E-state index contributed by atoms with van der Waals surface area (Å²) in [5, 5.41) is 0. The minimum atomic E-state index is 1.19. The van der Waals surface area contributed by atoms with Gasteiger partial charge in [-0.3, -0.25) is 0 Å². The summed E-state index contributed by atoms with van der Waals surface area (Å²) in [7, 11) is 0. The van der Waals surface area contributed by atoms with Gasteiger partial charge < -0.3 is 12.8 Å². The van der Waals surface area contributed by atoms with Crippen LogP contribution < -0.4 is 0 Å². The van der Waals surface area contributed by atoms with Gasteiger partial charge in [0.15, 0.2) is 0 Å². The van der Waals surface area contributed by atoms with Gasteiger partial charge in [0.25, 0.3) is 0 Å². The standard InChI is InChI=1S/C2H.BrH.Zn/c1-2;;/h1H;1H;/q-1;;+2/p-1. The van der Waals surface area contributed by atoms with Gasteiger partial charge in [0.2, 0.25) is 0 Å². The van der Waals surface area contributed by atoms with Crippen LogP contribution in [0, 0.1) is 12.8 Å². The second kappa shape index (κ2) is 59.1. The van der Waals surface area contributed by atoms with Gasteiger partial charge in [0, 0.05) is 0 Å². The molecule has 0 aliphatic heterocycles. The SMILES string of the molecule is [C-]#C.[Zn+][Br]. The summed E-state index contributed by atoms with van der Waals surface area (Å²) in [6.07, 6.45) is 9.00. The monoisotopic (exact) mass is 168 g/mol. The first-order valence-electron chi connectivity index (χ1n) is 0.556. The first kappa shape index (κ1) is 8.82. The van der Waals surface area contributed by atoms with Crippen molar-refractivity contribution in [3.63, 3.8) is 0 Å². The van der Waals surface area contributed by atoms with Crippen LogP contribution in [0.25, 0.3) is 0 Å². The van der Waals surface area contributed by atoms with E-state index in [0.29, 0.717) is 0 Å². The van der Waals surface area contributed by atoms with Crippen LogP contribution in [0.3, 0.4) is 0 Å². The number of rotatable bonds is 0. The fourth-order valence-corrected chi connectivity index (χ4v) is 0. The Morgan fingerprint density at radius 3 is 1.50 bits per heavy atom. The number of halogens is 1. The molecule has 0 spiro atoms. The molecule has 0 saturated carbocycles. The number of hydrogen-bond acceptors (Lipinski definition) is 0. The van der Waals surface area contributed by atoms with Crippen molar-refractivity contribution in [1.82, 2.24) is 0 Å². The van der Waals surface area contributed by atoms with Crippen molar-refractivity contribution in [3.8, 4) is 6.42 Å². The predicted octanol–water partition coefficient (Wildman–Crippen LogP) is 1.05. The van der Waals surface area contributed by atoms with Gasteiger partial charge in [-0.15, -0.1) is 0 Å². The van der Waals surface area contributed by atoms with Crippen LogP contribution in [-0.2, 0) is 16.3 Å². The molecule has 0 radical (unpaired) electrons. The van der Waals surface area contributed by atoms with Gasteiger partial charge in [-0.2, -0.15) is 0 Å². The summed E-state index contributed by atoms with van der Waals surface area (Å²) >= 11 is 4.25. The van der Waals surface area contributed by atoms with E-state index in [2.05, 4.69) is 20.0 Å². The van der Waals surface area contributed by atoms with E-state index in [-0.39, 0.29) is 0 Å². The van der Waals surface area contributed by atoms with Crippen molar-refractivity contribution in [1.29, 1.82) is 0 Å². The molecule has 18 valence electrons. The average molecular weight is 170 g/mol. The Hall–Kier alpha value is 0.663. The van der Waals surface area contributed by atoms with Crippen LogP contribution in [0.1, 0.15) is 0 Å². The normalized spacial score (nSPS) is 2.25. The molecule has 0 heterocycles. The van der Waals surface area contributed by atoms with Gasteiger partial charge in [0.05, 0.1) is 0 Å². The molecule has 0 bridgehead atoms. The molecule has 0 saturated heterocycles. The molecule has 0 aliphatic rings. The molecule has 0 amide bonds. The van der Waals surface area contributed by atoms with E-state index in [1.807, 2.05) is 0 Å². The zero-order chi connectivity index (χ0) is 4.00. The van der Waals surface area contributed by atoms with Gasteiger partial charge in [-0.05, 0) is 0 Å². The van der Waals surface area contributed by atoms with Crippen LogP contribution in [0.4, 0.5) is 0 Å². The third-order valence-electron chi connectivity index (χ3n) is 0. The van der Waals surface area contributed by atoms with Crippen molar-refractivity contribution in [2.24, 2.45) is 0 Å². The molecule has 4 heavy (non-hydrogen) atoms. The Bertz CT molecular complexity index is 10.8. The Labute approximate surface area is 43.0 Å². The Morgan fingerprint density at radius 2 is 1.50 bits per heavy atom. The molecule has 0 aromatic carbocycles. The Morgan fingerprint density at radius 1 is 1.50 bits per heavy atom. The average Bonchev–Trinajstić information content (AvgIpc) is 1.50.